The molecule has 0 radical (unpaired) electrons. The highest BCUT2D eigenvalue weighted by molar-refractivity contribution is 5.85. The number of carbonyl (C=O) groups excluding carboxylic acids is 1. The van der Waals surface area contributed by atoms with Crippen LogP contribution in [0.15, 0.2) is 60.7 Å². The minimum Gasteiger partial charge on any atom is -0.299 e. The fourth-order valence-electron chi connectivity index (χ4n) is 2.06. The maximum Gasteiger partial charge on any atom is 0.140 e. The molecule has 0 heterocycles. The predicted octanol–water partition coefficient (Wildman–Crippen LogP) is 3.99. The second kappa shape index (κ2) is 6.15. The average Bonchev–Trinajstić information content (AvgIpc) is 2.46. The molecule has 1 atom stereocenters. The zero-order valence-electron chi connectivity index (χ0n) is 10.7. The molecule has 0 bridgehead atoms. The van der Waals surface area contributed by atoms with Gasteiger partial charge in [-0.15, -0.1) is 0 Å². The lowest BCUT2D eigenvalue weighted by molar-refractivity contribution is -0.120. The Labute approximate surface area is 108 Å². The van der Waals surface area contributed by atoms with Crippen molar-refractivity contribution in [3.8, 4) is 0 Å². The number of hydrogen-bond acceptors (Lipinski definition) is 1. The third-order valence-electron chi connectivity index (χ3n) is 3.29. The van der Waals surface area contributed by atoms with Crippen LogP contribution in [-0.2, 0) is 11.2 Å². The van der Waals surface area contributed by atoms with Crippen molar-refractivity contribution in [1.29, 1.82) is 0 Å². The first kappa shape index (κ1) is 12.6. The van der Waals surface area contributed by atoms with Crippen molar-refractivity contribution in [1.82, 2.24) is 0 Å². The van der Waals surface area contributed by atoms with Crippen molar-refractivity contribution in [3.05, 3.63) is 71.8 Å². The Morgan fingerprint density at radius 1 is 0.944 bits per heavy atom. The fraction of sp³-hybridized carbons (Fsp3) is 0.235. The monoisotopic (exact) mass is 238 g/mol. The van der Waals surface area contributed by atoms with Gasteiger partial charge in [0, 0.05) is 12.3 Å². The van der Waals surface area contributed by atoms with E-state index in [1.807, 2.05) is 55.5 Å². The Kier molecular flexibility index (Phi) is 4.30. The van der Waals surface area contributed by atoms with Crippen LogP contribution < -0.4 is 0 Å². The molecule has 0 aromatic heterocycles. The molecule has 0 saturated carbocycles. The summed E-state index contributed by atoms with van der Waals surface area (Å²) in [7, 11) is 0. The Morgan fingerprint density at radius 3 is 2.11 bits per heavy atom. The zero-order valence-corrected chi connectivity index (χ0v) is 10.7. The minimum absolute atomic E-state index is 0.00471. The van der Waals surface area contributed by atoms with Gasteiger partial charge in [-0.25, -0.2) is 0 Å². The van der Waals surface area contributed by atoms with Crippen LogP contribution in [0.5, 0.6) is 0 Å². The van der Waals surface area contributed by atoms with Gasteiger partial charge in [-0.1, -0.05) is 67.6 Å². The van der Waals surface area contributed by atoms with E-state index in [-0.39, 0.29) is 5.92 Å². The van der Waals surface area contributed by atoms with Crippen molar-refractivity contribution in [2.45, 2.75) is 25.7 Å². The van der Waals surface area contributed by atoms with E-state index in [2.05, 4.69) is 12.1 Å². The molecule has 0 aliphatic rings. The van der Waals surface area contributed by atoms with Gasteiger partial charge in [-0.2, -0.15) is 0 Å². The molecule has 18 heavy (non-hydrogen) atoms. The lowest BCUT2D eigenvalue weighted by Gasteiger charge is -2.10. The highest BCUT2D eigenvalue weighted by atomic mass is 16.1. The summed E-state index contributed by atoms with van der Waals surface area (Å²) >= 11 is 0. The largest absolute Gasteiger partial charge is 0.299 e. The van der Waals surface area contributed by atoms with Crippen LogP contribution >= 0.6 is 0 Å². The summed E-state index contributed by atoms with van der Waals surface area (Å²) in [5.74, 6) is 0.306. The average molecular weight is 238 g/mol. The number of hydrogen-bond donors (Lipinski definition) is 0. The first-order valence-corrected chi connectivity index (χ1v) is 6.39. The van der Waals surface area contributed by atoms with Gasteiger partial charge in [-0.3, -0.25) is 4.79 Å². The zero-order chi connectivity index (χ0) is 12.8. The molecule has 2 rings (SSSR count). The lowest BCUT2D eigenvalue weighted by Crippen LogP contribution is -2.10. The first-order chi connectivity index (χ1) is 8.77. The van der Waals surface area contributed by atoms with Crippen molar-refractivity contribution < 1.29 is 4.79 Å². The summed E-state index contributed by atoms with van der Waals surface area (Å²) in [6.07, 6.45) is 1.44. The molecule has 0 unspecified atom stereocenters. The van der Waals surface area contributed by atoms with Crippen LogP contribution in [0, 0.1) is 0 Å². The standard InChI is InChI=1S/C17H18O/c1-14(16-10-6-3-7-11-16)17(18)13-12-15-8-4-2-5-9-15/h2-11,14H,12-13H2,1H3/t14-/m1/s1. The molecule has 0 saturated heterocycles. The van der Waals surface area contributed by atoms with Gasteiger partial charge in [0.05, 0.1) is 0 Å². The third-order valence-corrected chi connectivity index (χ3v) is 3.29. The van der Waals surface area contributed by atoms with Crippen LogP contribution in [0.1, 0.15) is 30.4 Å². The Hall–Kier alpha value is -1.89. The minimum atomic E-state index is -0.00471. The van der Waals surface area contributed by atoms with E-state index in [0.717, 1.165) is 12.0 Å². The van der Waals surface area contributed by atoms with Gasteiger partial charge in [0.25, 0.3) is 0 Å². The molecule has 0 fully saturated rings. The molecule has 0 spiro atoms. The highest BCUT2D eigenvalue weighted by Gasteiger charge is 2.14. The molecule has 92 valence electrons. The highest BCUT2D eigenvalue weighted by Crippen LogP contribution is 2.18. The second-order valence-corrected chi connectivity index (χ2v) is 4.58. The van der Waals surface area contributed by atoms with Gasteiger partial charge in [-0.05, 0) is 17.5 Å². The van der Waals surface area contributed by atoms with Crippen molar-refractivity contribution in [2.24, 2.45) is 0 Å². The van der Waals surface area contributed by atoms with Crippen LogP contribution in [0.3, 0.4) is 0 Å². The van der Waals surface area contributed by atoms with E-state index in [1.165, 1.54) is 5.56 Å². The van der Waals surface area contributed by atoms with Crippen LogP contribution in [0.25, 0.3) is 0 Å². The molecular weight excluding hydrogens is 220 g/mol. The topological polar surface area (TPSA) is 17.1 Å². The van der Waals surface area contributed by atoms with Gasteiger partial charge in [0.2, 0.25) is 0 Å². The van der Waals surface area contributed by atoms with E-state index in [1.54, 1.807) is 0 Å². The Bertz CT molecular complexity index is 488. The normalized spacial score (nSPS) is 12.1. The van der Waals surface area contributed by atoms with E-state index < -0.39 is 0 Å². The van der Waals surface area contributed by atoms with Gasteiger partial charge < -0.3 is 0 Å². The van der Waals surface area contributed by atoms with Crippen molar-refractivity contribution in [2.75, 3.05) is 0 Å². The maximum absolute atomic E-state index is 12.1. The number of aryl methyl sites for hydroxylation is 1. The third kappa shape index (κ3) is 3.30. The Morgan fingerprint density at radius 2 is 1.50 bits per heavy atom. The second-order valence-electron chi connectivity index (χ2n) is 4.58. The predicted molar refractivity (Wildman–Crippen MR) is 74.6 cm³/mol. The lowest BCUT2D eigenvalue weighted by atomic mass is 9.93. The van der Waals surface area contributed by atoms with Crippen molar-refractivity contribution >= 4 is 5.78 Å². The molecule has 1 heteroatoms. The van der Waals surface area contributed by atoms with E-state index >= 15 is 0 Å². The summed E-state index contributed by atoms with van der Waals surface area (Å²) in [6.45, 7) is 1.99. The number of benzene rings is 2. The fourth-order valence-corrected chi connectivity index (χ4v) is 2.06. The summed E-state index contributed by atoms with van der Waals surface area (Å²) in [6, 6.07) is 20.1. The quantitative estimate of drug-likeness (QED) is 0.769. The molecule has 2 aromatic rings. The van der Waals surface area contributed by atoms with Crippen LogP contribution in [0.2, 0.25) is 0 Å². The van der Waals surface area contributed by atoms with E-state index in [9.17, 15) is 4.79 Å². The molecule has 0 aliphatic heterocycles. The van der Waals surface area contributed by atoms with Gasteiger partial charge in [0.1, 0.15) is 5.78 Å². The van der Waals surface area contributed by atoms with Gasteiger partial charge >= 0.3 is 0 Å². The van der Waals surface area contributed by atoms with Crippen LogP contribution in [0.4, 0.5) is 0 Å². The van der Waals surface area contributed by atoms with Crippen LogP contribution in [-0.4, -0.2) is 5.78 Å². The summed E-state index contributed by atoms with van der Waals surface area (Å²) < 4.78 is 0. The molecule has 2 aromatic carbocycles. The van der Waals surface area contributed by atoms with E-state index in [4.69, 9.17) is 0 Å². The Balaban J connectivity index is 1.93. The number of ketones is 1. The van der Waals surface area contributed by atoms with Gasteiger partial charge in [0.15, 0.2) is 0 Å². The summed E-state index contributed by atoms with van der Waals surface area (Å²) in [5, 5.41) is 0. The molecule has 0 amide bonds. The summed E-state index contributed by atoms with van der Waals surface area (Å²) in [4.78, 5) is 12.1. The molecule has 0 N–H and O–H groups in total. The van der Waals surface area contributed by atoms with Crippen molar-refractivity contribution in [3.63, 3.8) is 0 Å². The molecule has 1 nitrogen and oxygen atoms in total. The number of Topliss-reactive ketones (excluding diaryl/α,β-unsaturated/α-hetero) is 1. The summed E-state index contributed by atoms with van der Waals surface area (Å²) in [5.41, 5.74) is 2.33. The smallest absolute Gasteiger partial charge is 0.140 e. The number of rotatable bonds is 5. The molecular formula is C17H18O. The SMILES string of the molecule is C[C@@H](C(=O)CCc1ccccc1)c1ccccc1. The van der Waals surface area contributed by atoms with E-state index in [0.29, 0.717) is 12.2 Å². The maximum atomic E-state index is 12.1. The first-order valence-electron chi connectivity index (χ1n) is 6.39. The number of carbonyl (C=O) groups is 1. The molecule has 0 aliphatic carbocycles.